The first-order valence-electron chi connectivity index (χ1n) is 6.12. The van der Waals surface area contributed by atoms with Gasteiger partial charge in [0.05, 0.1) is 12.0 Å². The molecule has 1 amide bonds. The topological polar surface area (TPSA) is 89.8 Å². The summed E-state index contributed by atoms with van der Waals surface area (Å²) in [5.74, 6) is -0.155. The van der Waals surface area contributed by atoms with Crippen molar-refractivity contribution in [3.8, 4) is 0 Å². The standard InChI is InChI=1S/C12H15N5O2S/c1-7(2)9-4-11(19)17(6-13-9)5-10(18)14-12-16-15-8(3)20-12/h4,6-7H,5H2,1-3H3,(H,14,16,18). The van der Waals surface area contributed by atoms with E-state index in [9.17, 15) is 9.59 Å². The van der Waals surface area contributed by atoms with Gasteiger partial charge in [0.1, 0.15) is 11.6 Å². The van der Waals surface area contributed by atoms with Crippen LogP contribution in [0, 0.1) is 6.92 Å². The molecule has 0 saturated heterocycles. The van der Waals surface area contributed by atoms with Crippen molar-refractivity contribution < 1.29 is 4.79 Å². The largest absolute Gasteiger partial charge is 0.299 e. The zero-order chi connectivity index (χ0) is 14.7. The van der Waals surface area contributed by atoms with E-state index < -0.39 is 0 Å². The minimum atomic E-state index is -0.331. The normalized spacial score (nSPS) is 10.8. The fraction of sp³-hybridized carbons (Fsp3) is 0.417. The second-order valence-corrected chi connectivity index (χ2v) is 5.79. The molecule has 7 nitrogen and oxygen atoms in total. The summed E-state index contributed by atoms with van der Waals surface area (Å²) in [6.45, 7) is 5.61. The molecule has 0 aliphatic carbocycles. The first-order chi connectivity index (χ1) is 9.45. The van der Waals surface area contributed by atoms with Crippen LogP contribution in [0.15, 0.2) is 17.2 Å². The quantitative estimate of drug-likeness (QED) is 0.913. The average molecular weight is 293 g/mol. The molecule has 0 unspecified atom stereocenters. The van der Waals surface area contributed by atoms with Crippen LogP contribution in [0.2, 0.25) is 0 Å². The van der Waals surface area contributed by atoms with Gasteiger partial charge in [-0.15, -0.1) is 10.2 Å². The van der Waals surface area contributed by atoms with Crippen LogP contribution in [0.1, 0.15) is 30.5 Å². The lowest BCUT2D eigenvalue weighted by Crippen LogP contribution is -2.28. The van der Waals surface area contributed by atoms with Gasteiger partial charge in [-0.3, -0.25) is 19.5 Å². The summed E-state index contributed by atoms with van der Waals surface area (Å²) in [7, 11) is 0. The predicted molar refractivity (Wildman–Crippen MR) is 75.9 cm³/mol. The SMILES string of the molecule is Cc1nnc(NC(=O)Cn2cnc(C(C)C)cc2=O)s1. The number of hydrogen-bond donors (Lipinski definition) is 1. The Morgan fingerprint density at radius 3 is 2.75 bits per heavy atom. The number of aryl methyl sites for hydroxylation is 1. The number of rotatable bonds is 4. The van der Waals surface area contributed by atoms with Gasteiger partial charge in [-0.2, -0.15) is 0 Å². The Morgan fingerprint density at radius 2 is 2.20 bits per heavy atom. The average Bonchev–Trinajstić information content (AvgIpc) is 2.77. The summed E-state index contributed by atoms with van der Waals surface area (Å²) in [5.41, 5.74) is 0.471. The highest BCUT2D eigenvalue weighted by atomic mass is 32.1. The molecule has 8 heteroatoms. The second kappa shape index (κ2) is 5.91. The molecule has 0 aliphatic heterocycles. The maximum absolute atomic E-state index is 11.9. The highest BCUT2D eigenvalue weighted by Gasteiger charge is 2.09. The molecule has 20 heavy (non-hydrogen) atoms. The Kier molecular flexibility index (Phi) is 4.23. The van der Waals surface area contributed by atoms with Gasteiger partial charge in [-0.25, -0.2) is 4.98 Å². The Hall–Kier alpha value is -2.09. The summed E-state index contributed by atoms with van der Waals surface area (Å²) in [4.78, 5) is 27.8. The van der Waals surface area contributed by atoms with Crippen LogP contribution in [-0.2, 0) is 11.3 Å². The molecule has 0 aliphatic rings. The van der Waals surface area contributed by atoms with Crippen LogP contribution in [0.25, 0.3) is 0 Å². The summed E-state index contributed by atoms with van der Waals surface area (Å²) >= 11 is 1.28. The molecular formula is C12H15N5O2S. The first-order valence-corrected chi connectivity index (χ1v) is 6.93. The molecule has 0 fully saturated rings. The van der Waals surface area contributed by atoms with Gasteiger partial charge in [0, 0.05) is 6.07 Å². The van der Waals surface area contributed by atoms with Crippen molar-refractivity contribution in [2.24, 2.45) is 0 Å². The molecular weight excluding hydrogens is 278 g/mol. The molecule has 2 aromatic rings. The van der Waals surface area contributed by atoms with Crippen molar-refractivity contribution in [2.75, 3.05) is 5.32 Å². The molecule has 0 atom stereocenters. The Labute approximate surface area is 119 Å². The smallest absolute Gasteiger partial charge is 0.254 e. The highest BCUT2D eigenvalue weighted by molar-refractivity contribution is 7.15. The maximum atomic E-state index is 11.9. The predicted octanol–water partition coefficient (Wildman–Crippen LogP) is 1.17. The van der Waals surface area contributed by atoms with Gasteiger partial charge >= 0.3 is 0 Å². The number of carbonyl (C=O) groups excluding carboxylic acids is 1. The molecule has 0 aromatic carbocycles. The van der Waals surface area contributed by atoms with E-state index in [4.69, 9.17) is 0 Å². The van der Waals surface area contributed by atoms with Crippen molar-refractivity contribution in [1.82, 2.24) is 19.7 Å². The van der Waals surface area contributed by atoms with Crippen LogP contribution in [0.5, 0.6) is 0 Å². The number of amides is 1. The fourth-order valence-corrected chi connectivity index (χ4v) is 2.14. The lowest BCUT2D eigenvalue weighted by Gasteiger charge is -2.07. The highest BCUT2D eigenvalue weighted by Crippen LogP contribution is 2.13. The van der Waals surface area contributed by atoms with Crippen molar-refractivity contribution in [3.05, 3.63) is 33.4 Å². The zero-order valence-corrected chi connectivity index (χ0v) is 12.3. The zero-order valence-electron chi connectivity index (χ0n) is 11.5. The van der Waals surface area contributed by atoms with Gasteiger partial charge in [0.25, 0.3) is 5.56 Å². The number of nitrogens with zero attached hydrogens (tertiary/aromatic N) is 4. The molecule has 0 radical (unpaired) electrons. The van der Waals surface area contributed by atoms with E-state index in [0.29, 0.717) is 10.8 Å². The molecule has 2 heterocycles. The van der Waals surface area contributed by atoms with Crippen LogP contribution in [-0.4, -0.2) is 25.7 Å². The number of nitrogens with one attached hydrogen (secondary N) is 1. The molecule has 0 saturated carbocycles. The minimum Gasteiger partial charge on any atom is -0.299 e. The lowest BCUT2D eigenvalue weighted by molar-refractivity contribution is -0.116. The van der Waals surface area contributed by atoms with E-state index in [1.807, 2.05) is 13.8 Å². The molecule has 0 spiro atoms. The van der Waals surface area contributed by atoms with Gasteiger partial charge in [-0.05, 0) is 12.8 Å². The van der Waals surface area contributed by atoms with Gasteiger partial charge in [-0.1, -0.05) is 25.2 Å². The first kappa shape index (κ1) is 14.3. The monoisotopic (exact) mass is 293 g/mol. The van der Waals surface area contributed by atoms with Crippen molar-refractivity contribution in [3.63, 3.8) is 0 Å². The summed E-state index contributed by atoms with van der Waals surface area (Å²) in [6, 6.07) is 1.45. The van der Waals surface area contributed by atoms with Gasteiger partial charge in [0.15, 0.2) is 0 Å². The molecule has 106 valence electrons. The Bertz CT molecular complexity index is 676. The molecule has 0 bridgehead atoms. The van der Waals surface area contributed by atoms with Crippen LogP contribution in [0.4, 0.5) is 5.13 Å². The van der Waals surface area contributed by atoms with Gasteiger partial charge in [0.2, 0.25) is 11.0 Å². The Balaban J connectivity index is 2.06. The van der Waals surface area contributed by atoms with Crippen molar-refractivity contribution in [2.45, 2.75) is 33.2 Å². The fourth-order valence-electron chi connectivity index (χ4n) is 1.54. The molecule has 2 rings (SSSR count). The summed E-state index contributed by atoms with van der Waals surface area (Å²) in [6.07, 6.45) is 1.39. The van der Waals surface area contributed by atoms with E-state index in [1.165, 1.54) is 28.3 Å². The molecule has 2 aromatic heterocycles. The van der Waals surface area contributed by atoms with E-state index in [0.717, 1.165) is 5.01 Å². The summed E-state index contributed by atoms with van der Waals surface area (Å²) < 4.78 is 1.26. The van der Waals surface area contributed by atoms with Gasteiger partial charge < -0.3 is 0 Å². The number of carbonyl (C=O) groups is 1. The Morgan fingerprint density at radius 1 is 1.45 bits per heavy atom. The second-order valence-electron chi connectivity index (χ2n) is 4.61. The third-order valence-corrected chi connectivity index (χ3v) is 3.33. The third kappa shape index (κ3) is 3.47. The van der Waals surface area contributed by atoms with Crippen LogP contribution < -0.4 is 10.9 Å². The van der Waals surface area contributed by atoms with Crippen molar-refractivity contribution in [1.29, 1.82) is 0 Å². The minimum absolute atomic E-state index is 0.0944. The van der Waals surface area contributed by atoms with E-state index in [2.05, 4.69) is 20.5 Å². The van der Waals surface area contributed by atoms with Crippen molar-refractivity contribution >= 4 is 22.4 Å². The van der Waals surface area contributed by atoms with Crippen LogP contribution in [0.3, 0.4) is 0 Å². The third-order valence-electron chi connectivity index (χ3n) is 2.58. The van der Waals surface area contributed by atoms with E-state index in [-0.39, 0.29) is 23.9 Å². The summed E-state index contributed by atoms with van der Waals surface area (Å²) in [5, 5.41) is 11.4. The van der Waals surface area contributed by atoms with E-state index >= 15 is 0 Å². The lowest BCUT2D eigenvalue weighted by atomic mass is 10.1. The number of aromatic nitrogens is 4. The number of anilines is 1. The van der Waals surface area contributed by atoms with Crippen LogP contribution >= 0.6 is 11.3 Å². The molecule has 1 N–H and O–H groups in total. The van der Waals surface area contributed by atoms with E-state index in [1.54, 1.807) is 6.92 Å². The maximum Gasteiger partial charge on any atom is 0.254 e. The number of hydrogen-bond acceptors (Lipinski definition) is 6.